The third-order valence-corrected chi connectivity index (χ3v) is 4.62. The summed E-state index contributed by atoms with van der Waals surface area (Å²) in [6.45, 7) is 0. The fraction of sp³-hybridized carbons (Fsp3) is 0. The van der Waals surface area contributed by atoms with Crippen LogP contribution in [0.3, 0.4) is 0 Å². The van der Waals surface area contributed by atoms with Gasteiger partial charge in [0.1, 0.15) is 5.75 Å². The van der Waals surface area contributed by atoms with Gasteiger partial charge in [-0.25, -0.2) is 9.50 Å². The fourth-order valence-electron chi connectivity index (χ4n) is 2.02. The second kappa shape index (κ2) is 5.81. The Hall–Kier alpha value is -2.15. The van der Waals surface area contributed by atoms with E-state index in [4.69, 9.17) is 27.9 Å². The number of hydrogen-bond donors (Lipinski definition) is 0. The number of fused-ring (bicyclic) bond motifs is 1. The number of aromatic nitrogens is 4. The van der Waals surface area contributed by atoms with Crippen molar-refractivity contribution in [2.24, 2.45) is 0 Å². The van der Waals surface area contributed by atoms with Crippen molar-refractivity contribution in [2.45, 2.75) is 0 Å². The number of benzene rings is 1. The molecule has 0 N–H and O–H groups in total. The van der Waals surface area contributed by atoms with Crippen molar-refractivity contribution >= 4 is 39.5 Å². The monoisotopic (exact) mass is 362 g/mol. The minimum atomic E-state index is 0.435. The van der Waals surface area contributed by atoms with Gasteiger partial charge in [-0.2, -0.15) is 0 Å². The maximum Gasteiger partial charge on any atom is 0.299 e. The summed E-state index contributed by atoms with van der Waals surface area (Å²) in [5.41, 5.74) is 1.76. The van der Waals surface area contributed by atoms with Gasteiger partial charge >= 0.3 is 0 Å². The van der Waals surface area contributed by atoms with E-state index in [1.54, 1.807) is 35.1 Å². The first-order chi connectivity index (χ1) is 11.2. The quantitative estimate of drug-likeness (QED) is 0.517. The number of halogens is 2. The number of pyridine rings is 1. The maximum atomic E-state index is 5.97. The van der Waals surface area contributed by atoms with E-state index in [0.29, 0.717) is 21.0 Å². The summed E-state index contributed by atoms with van der Waals surface area (Å²) in [4.78, 5) is 9.35. The van der Waals surface area contributed by atoms with Gasteiger partial charge < -0.3 is 4.74 Å². The van der Waals surface area contributed by atoms with E-state index in [2.05, 4.69) is 15.1 Å². The summed E-state index contributed by atoms with van der Waals surface area (Å²) < 4.78 is 7.37. The van der Waals surface area contributed by atoms with Crippen LogP contribution in [0, 0.1) is 0 Å². The van der Waals surface area contributed by atoms with Crippen LogP contribution in [0.4, 0.5) is 0 Å². The van der Waals surface area contributed by atoms with Crippen molar-refractivity contribution in [2.75, 3.05) is 0 Å². The molecule has 114 valence electrons. The predicted octanol–water partition coefficient (Wildman–Crippen LogP) is 4.95. The highest BCUT2D eigenvalue weighted by molar-refractivity contribution is 7.18. The molecule has 0 unspecified atom stereocenters. The van der Waals surface area contributed by atoms with Gasteiger partial charge in [0.05, 0.1) is 21.9 Å². The van der Waals surface area contributed by atoms with E-state index < -0.39 is 0 Å². The Morgan fingerprint density at radius 1 is 1.13 bits per heavy atom. The van der Waals surface area contributed by atoms with Crippen molar-refractivity contribution < 1.29 is 4.74 Å². The summed E-state index contributed by atoms with van der Waals surface area (Å²) in [6, 6.07) is 8.88. The highest BCUT2D eigenvalue weighted by Gasteiger charge is 2.11. The zero-order valence-corrected chi connectivity index (χ0v) is 13.8. The third-order valence-electron chi connectivity index (χ3n) is 3.08. The van der Waals surface area contributed by atoms with Gasteiger partial charge in [-0.05, 0) is 35.6 Å². The molecule has 4 rings (SSSR count). The minimum Gasteiger partial charge on any atom is -0.430 e. The Bertz CT molecular complexity index is 952. The maximum absolute atomic E-state index is 5.97. The van der Waals surface area contributed by atoms with Crippen LogP contribution >= 0.6 is 34.5 Å². The molecule has 0 aliphatic rings. The molecule has 0 saturated heterocycles. The van der Waals surface area contributed by atoms with E-state index in [0.717, 1.165) is 16.2 Å². The molecule has 0 aliphatic heterocycles. The molecular weight excluding hydrogens is 355 g/mol. The molecular formula is C15H8Cl2N4OS. The average Bonchev–Trinajstić information content (AvgIpc) is 3.10. The lowest BCUT2D eigenvalue weighted by atomic mass is 10.2. The van der Waals surface area contributed by atoms with E-state index in [1.165, 1.54) is 11.3 Å². The van der Waals surface area contributed by atoms with Crippen molar-refractivity contribution in [1.82, 2.24) is 19.6 Å². The van der Waals surface area contributed by atoms with Crippen molar-refractivity contribution in [1.29, 1.82) is 0 Å². The Morgan fingerprint density at radius 3 is 2.78 bits per heavy atom. The molecule has 5 nitrogen and oxygen atoms in total. The molecule has 0 bridgehead atoms. The molecule has 0 aliphatic carbocycles. The minimum absolute atomic E-state index is 0.435. The van der Waals surface area contributed by atoms with Gasteiger partial charge in [-0.3, -0.25) is 4.98 Å². The van der Waals surface area contributed by atoms with Crippen molar-refractivity contribution in [3.63, 3.8) is 0 Å². The molecule has 3 aromatic heterocycles. The molecule has 1 aromatic carbocycles. The van der Waals surface area contributed by atoms with E-state index >= 15 is 0 Å². The summed E-state index contributed by atoms with van der Waals surface area (Å²) in [5, 5.41) is 5.75. The predicted molar refractivity (Wildman–Crippen MR) is 90.6 cm³/mol. The standard InChI is InChI=1S/C15H8Cl2N4OS/c16-11-4-3-10(6-12(11)17)22-15-20-21-8-13(19-14(21)23-15)9-2-1-5-18-7-9/h1-8H. The smallest absolute Gasteiger partial charge is 0.299 e. The molecule has 3 heterocycles. The highest BCUT2D eigenvalue weighted by Crippen LogP contribution is 2.32. The topological polar surface area (TPSA) is 52.3 Å². The first-order valence-electron chi connectivity index (χ1n) is 6.58. The largest absolute Gasteiger partial charge is 0.430 e. The van der Waals surface area contributed by atoms with Crippen LogP contribution in [-0.2, 0) is 0 Å². The summed E-state index contributed by atoms with van der Waals surface area (Å²) in [6.07, 6.45) is 5.33. The lowest BCUT2D eigenvalue weighted by molar-refractivity contribution is 0.470. The number of hydrogen-bond acceptors (Lipinski definition) is 5. The van der Waals surface area contributed by atoms with Crippen LogP contribution < -0.4 is 4.74 Å². The Balaban J connectivity index is 1.62. The van der Waals surface area contributed by atoms with Gasteiger partial charge in [0.15, 0.2) is 0 Å². The van der Waals surface area contributed by atoms with Crippen LogP contribution in [0.1, 0.15) is 0 Å². The molecule has 0 radical (unpaired) electrons. The SMILES string of the molecule is Clc1ccc(Oc2nn3cc(-c4cccnc4)nc3s2)cc1Cl. The Labute approximate surface area is 145 Å². The first-order valence-corrected chi connectivity index (χ1v) is 8.16. The third kappa shape index (κ3) is 2.88. The van der Waals surface area contributed by atoms with Crippen LogP contribution in [0.2, 0.25) is 10.0 Å². The first kappa shape index (κ1) is 14.4. The van der Waals surface area contributed by atoms with Crippen LogP contribution in [0.15, 0.2) is 48.9 Å². The zero-order chi connectivity index (χ0) is 15.8. The second-order valence-electron chi connectivity index (χ2n) is 4.64. The van der Waals surface area contributed by atoms with Gasteiger partial charge in [-0.15, -0.1) is 5.10 Å². The van der Waals surface area contributed by atoms with Gasteiger partial charge in [0, 0.05) is 24.0 Å². The van der Waals surface area contributed by atoms with E-state index in [1.807, 2.05) is 18.3 Å². The van der Waals surface area contributed by atoms with Gasteiger partial charge in [-0.1, -0.05) is 23.2 Å². The lowest BCUT2D eigenvalue weighted by Crippen LogP contribution is -1.86. The molecule has 8 heteroatoms. The number of ether oxygens (including phenoxy) is 1. The van der Waals surface area contributed by atoms with E-state index in [-0.39, 0.29) is 0 Å². The molecule has 23 heavy (non-hydrogen) atoms. The summed E-state index contributed by atoms with van der Waals surface area (Å²) in [5.74, 6) is 0.573. The number of nitrogens with zero attached hydrogens (tertiary/aromatic N) is 4. The van der Waals surface area contributed by atoms with Gasteiger partial charge in [0.25, 0.3) is 5.19 Å². The second-order valence-corrected chi connectivity index (χ2v) is 6.37. The fourth-order valence-corrected chi connectivity index (χ4v) is 3.06. The van der Waals surface area contributed by atoms with E-state index in [9.17, 15) is 0 Å². The van der Waals surface area contributed by atoms with Crippen LogP contribution in [0.25, 0.3) is 16.2 Å². The van der Waals surface area contributed by atoms with Crippen LogP contribution in [-0.4, -0.2) is 19.6 Å². The average molecular weight is 363 g/mol. The molecule has 4 aromatic rings. The van der Waals surface area contributed by atoms with Gasteiger partial charge in [0.2, 0.25) is 4.96 Å². The Morgan fingerprint density at radius 2 is 2.04 bits per heavy atom. The molecule has 0 fully saturated rings. The Kier molecular flexibility index (Phi) is 3.65. The molecule has 0 atom stereocenters. The number of imidazole rings is 1. The molecule has 0 saturated carbocycles. The molecule has 0 amide bonds. The normalized spacial score (nSPS) is 11.0. The summed E-state index contributed by atoms with van der Waals surface area (Å²) in [7, 11) is 0. The number of rotatable bonds is 3. The van der Waals surface area contributed by atoms with Crippen molar-refractivity contribution in [3.05, 3.63) is 59.0 Å². The molecule has 0 spiro atoms. The summed E-state index contributed by atoms with van der Waals surface area (Å²) >= 11 is 13.2. The lowest BCUT2D eigenvalue weighted by Gasteiger charge is -2.02. The van der Waals surface area contributed by atoms with Crippen LogP contribution in [0.5, 0.6) is 10.9 Å². The zero-order valence-electron chi connectivity index (χ0n) is 11.5. The van der Waals surface area contributed by atoms with Crippen molar-refractivity contribution in [3.8, 4) is 22.2 Å². The highest BCUT2D eigenvalue weighted by atomic mass is 35.5.